The van der Waals surface area contributed by atoms with Gasteiger partial charge in [0.25, 0.3) is 0 Å². The van der Waals surface area contributed by atoms with Crippen molar-refractivity contribution in [1.29, 1.82) is 0 Å². The number of carboxylic acid groups (broad SMARTS) is 1. The van der Waals surface area contributed by atoms with Gasteiger partial charge in [-0.05, 0) is 61.3 Å². The molecule has 4 heteroatoms. The normalized spacial score (nSPS) is 18.4. The average molecular weight is 362 g/mol. The van der Waals surface area contributed by atoms with Gasteiger partial charge in [-0.15, -0.1) is 5.92 Å². The zero-order valence-corrected chi connectivity index (χ0v) is 14.9. The van der Waals surface area contributed by atoms with Gasteiger partial charge < -0.3 is 9.84 Å². The molecule has 2 aliphatic rings. The third kappa shape index (κ3) is 5.39. The van der Waals surface area contributed by atoms with E-state index in [-0.39, 0.29) is 41.9 Å². The molecule has 1 aromatic carbocycles. The fourth-order valence-electron chi connectivity index (χ4n) is 4.15. The second-order valence-electron chi connectivity index (χ2n) is 7.27. The van der Waals surface area contributed by atoms with E-state index in [0.29, 0.717) is 12.0 Å². The van der Waals surface area contributed by atoms with Crippen LogP contribution in [-0.4, -0.2) is 47.2 Å². The van der Waals surface area contributed by atoms with Crippen LogP contribution in [0.3, 0.4) is 0 Å². The number of rotatable bonds is 6. The summed E-state index contributed by atoms with van der Waals surface area (Å²) in [6, 6.07) is 7.69. The van der Waals surface area contributed by atoms with Gasteiger partial charge in [0.15, 0.2) is 0 Å². The Morgan fingerprint density at radius 1 is 1.23 bits per heavy atom. The van der Waals surface area contributed by atoms with E-state index in [1.807, 2.05) is 24.3 Å². The molecule has 0 heterocycles. The number of allylic oxidation sites excluding steroid dienone is 1. The van der Waals surface area contributed by atoms with Gasteiger partial charge in [-0.3, -0.25) is 4.79 Å². The van der Waals surface area contributed by atoms with E-state index in [0.717, 1.165) is 17.7 Å². The summed E-state index contributed by atoms with van der Waals surface area (Å²) in [6.07, 6.45) is 10.4. The monoisotopic (exact) mass is 362 g/mol. The van der Waals surface area contributed by atoms with Gasteiger partial charge in [0, 0.05) is 0 Å². The Kier molecular flexibility index (Phi) is 7.83. The summed E-state index contributed by atoms with van der Waals surface area (Å²) in [4.78, 5) is 11.0. The maximum absolute atomic E-state index is 11.0. The number of carboxylic acids is 1. The second-order valence-corrected chi connectivity index (χ2v) is 7.27. The minimum absolute atomic E-state index is 0. The van der Waals surface area contributed by atoms with Crippen LogP contribution in [0.1, 0.15) is 63.4 Å². The minimum atomic E-state index is -0.831. The molecule has 1 atom stereocenters. The number of carbonyl (C=O) groups is 1. The molecule has 1 fully saturated rings. The molecule has 0 aliphatic heterocycles. The van der Waals surface area contributed by atoms with Crippen LogP contribution in [-0.2, 0) is 4.79 Å². The molecule has 1 saturated carbocycles. The van der Waals surface area contributed by atoms with Crippen molar-refractivity contribution in [3.05, 3.63) is 41.5 Å². The van der Waals surface area contributed by atoms with Crippen molar-refractivity contribution in [3.63, 3.8) is 0 Å². The fourth-order valence-corrected chi connectivity index (χ4v) is 4.15. The Labute approximate surface area is 178 Å². The fraction of sp³-hybridized carbons (Fsp3) is 0.500. The van der Waals surface area contributed by atoms with Crippen molar-refractivity contribution in [2.45, 2.75) is 57.8 Å². The first kappa shape index (κ1) is 21.1. The first-order valence-corrected chi connectivity index (χ1v) is 9.18. The summed E-state index contributed by atoms with van der Waals surface area (Å²) in [7, 11) is 0. The average Bonchev–Trinajstić information content (AvgIpc) is 3.23. The van der Waals surface area contributed by atoms with E-state index in [1.165, 1.54) is 37.7 Å². The summed E-state index contributed by atoms with van der Waals surface area (Å²) < 4.78 is 5.95. The predicted molar refractivity (Wildman–Crippen MR) is 106 cm³/mol. The zero-order valence-electron chi connectivity index (χ0n) is 14.9. The number of benzene rings is 1. The topological polar surface area (TPSA) is 46.5 Å². The summed E-state index contributed by atoms with van der Waals surface area (Å²) in [5.41, 5.74) is 2.83. The Morgan fingerprint density at radius 2 is 1.92 bits per heavy atom. The molecule has 134 valence electrons. The van der Waals surface area contributed by atoms with E-state index in [4.69, 9.17) is 9.84 Å². The third-order valence-corrected chi connectivity index (χ3v) is 5.46. The standard InChI is InChI=1S/C22H26O3.Na.H/c1-2-5-19(14-21(23)24)18-6-8-20(9-7-18)25-16-17-10-13-22(15-17)11-3-4-12-22;;/h6-9,15,19H,3-4,10-14,16H2,1H3,(H,23,24);;. The summed E-state index contributed by atoms with van der Waals surface area (Å²) >= 11 is 0. The van der Waals surface area contributed by atoms with Crippen LogP contribution < -0.4 is 4.74 Å². The third-order valence-electron chi connectivity index (χ3n) is 5.46. The molecule has 1 spiro atoms. The van der Waals surface area contributed by atoms with Crippen molar-refractivity contribution in [3.8, 4) is 17.6 Å². The van der Waals surface area contributed by atoms with Crippen LogP contribution in [0.25, 0.3) is 0 Å². The Balaban J connectivity index is 0.00000243. The molecule has 0 aromatic heterocycles. The SMILES string of the molecule is CC#CC(CC(=O)O)c1ccc(OCC2=CC3(CCCC3)CC2)cc1.[NaH]. The molecule has 0 amide bonds. The number of ether oxygens (including phenoxy) is 1. The van der Waals surface area contributed by atoms with Crippen molar-refractivity contribution >= 4 is 35.5 Å². The molecular formula is C22H27NaO3. The van der Waals surface area contributed by atoms with Gasteiger partial charge in [0.1, 0.15) is 12.4 Å². The van der Waals surface area contributed by atoms with E-state index in [9.17, 15) is 4.79 Å². The summed E-state index contributed by atoms with van der Waals surface area (Å²) in [6.45, 7) is 2.40. The molecule has 26 heavy (non-hydrogen) atoms. The maximum atomic E-state index is 11.0. The molecule has 2 aliphatic carbocycles. The van der Waals surface area contributed by atoms with Crippen LogP contribution >= 0.6 is 0 Å². The van der Waals surface area contributed by atoms with Gasteiger partial charge in [-0.1, -0.05) is 37.0 Å². The van der Waals surface area contributed by atoms with Crippen LogP contribution in [0, 0.1) is 17.3 Å². The van der Waals surface area contributed by atoms with Gasteiger partial charge >= 0.3 is 35.5 Å². The van der Waals surface area contributed by atoms with Gasteiger partial charge in [-0.25, -0.2) is 0 Å². The molecule has 1 N–H and O–H groups in total. The molecule has 1 aromatic rings. The van der Waals surface area contributed by atoms with Crippen LogP contribution in [0.2, 0.25) is 0 Å². The van der Waals surface area contributed by atoms with Gasteiger partial charge in [0.2, 0.25) is 0 Å². The Bertz CT molecular complexity index is 703. The van der Waals surface area contributed by atoms with Gasteiger partial charge in [-0.2, -0.15) is 0 Å². The van der Waals surface area contributed by atoms with Crippen LogP contribution in [0.15, 0.2) is 35.9 Å². The van der Waals surface area contributed by atoms with E-state index in [1.54, 1.807) is 6.92 Å². The number of hydrogen-bond donors (Lipinski definition) is 1. The van der Waals surface area contributed by atoms with Crippen LogP contribution in [0.5, 0.6) is 5.75 Å². The molecular weight excluding hydrogens is 335 g/mol. The van der Waals surface area contributed by atoms with E-state index in [2.05, 4.69) is 17.9 Å². The Morgan fingerprint density at radius 3 is 2.54 bits per heavy atom. The van der Waals surface area contributed by atoms with Crippen molar-refractivity contribution < 1.29 is 14.6 Å². The summed E-state index contributed by atoms with van der Waals surface area (Å²) in [5, 5.41) is 9.02. The van der Waals surface area contributed by atoms with Crippen molar-refractivity contribution in [1.82, 2.24) is 0 Å². The van der Waals surface area contributed by atoms with Crippen molar-refractivity contribution in [2.24, 2.45) is 5.41 Å². The predicted octanol–water partition coefficient (Wildman–Crippen LogP) is 4.28. The molecule has 3 rings (SSSR count). The molecule has 1 unspecified atom stereocenters. The van der Waals surface area contributed by atoms with Gasteiger partial charge in [0.05, 0.1) is 12.3 Å². The van der Waals surface area contributed by atoms with Crippen LogP contribution in [0.4, 0.5) is 0 Å². The van der Waals surface area contributed by atoms with E-state index < -0.39 is 5.97 Å². The number of aliphatic carboxylic acids is 1. The molecule has 3 nitrogen and oxygen atoms in total. The summed E-state index contributed by atoms with van der Waals surface area (Å²) in [5.74, 6) is 5.52. The second kappa shape index (κ2) is 9.65. The molecule has 0 saturated heterocycles. The van der Waals surface area contributed by atoms with Crippen molar-refractivity contribution in [2.75, 3.05) is 6.61 Å². The Hall–Kier alpha value is -1.21. The molecule has 0 bridgehead atoms. The number of hydrogen-bond acceptors (Lipinski definition) is 2. The first-order chi connectivity index (χ1) is 12.1. The molecule has 0 radical (unpaired) electrons. The quantitative estimate of drug-likeness (QED) is 0.467. The van der Waals surface area contributed by atoms with E-state index >= 15 is 0 Å². The zero-order chi connectivity index (χ0) is 17.7. The first-order valence-electron chi connectivity index (χ1n) is 9.18.